The van der Waals surface area contributed by atoms with Gasteiger partial charge in [-0.1, -0.05) is 26.7 Å². The fourth-order valence-electron chi connectivity index (χ4n) is 5.44. The van der Waals surface area contributed by atoms with Gasteiger partial charge in [-0.25, -0.2) is 23.4 Å². The minimum Gasteiger partial charge on any atom is -0.352 e. The molecule has 2 fully saturated rings. The van der Waals surface area contributed by atoms with Crippen LogP contribution in [0, 0.1) is 18.8 Å². The SMILES string of the molecule is Cc1sc2ncn(CC(=O)NC3CCCC(C)C3C)c(=O)c2c1S(=O)(=O)N1CCN(c2ncccn2)CC1. The molecule has 4 heterocycles. The summed E-state index contributed by atoms with van der Waals surface area (Å²) in [5.41, 5.74) is -0.519. The Hall–Kier alpha value is -2.90. The smallest absolute Gasteiger partial charge is 0.263 e. The number of thiophene rings is 1. The van der Waals surface area contributed by atoms with E-state index in [1.807, 2.05) is 4.90 Å². The van der Waals surface area contributed by atoms with Gasteiger partial charge in [0.1, 0.15) is 16.3 Å². The number of hydrogen-bond acceptors (Lipinski definition) is 9. The van der Waals surface area contributed by atoms with Crippen LogP contribution >= 0.6 is 11.3 Å². The van der Waals surface area contributed by atoms with Crippen LogP contribution in [0.3, 0.4) is 0 Å². The summed E-state index contributed by atoms with van der Waals surface area (Å²) in [5.74, 6) is 1.17. The highest BCUT2D eigenvalue weighted by Gasteiger charge is 2.34. The maximum atomic E-state index is 13.8. The van der Waals surface area contributed by atoms with E-state index in [2.05, 4.69) is 34.1 Å². The number of nitrogens with one attached hydrogen (secondary N) is 1. The van der Waals surface area contributed by atoms with Crippen LogP contribution in [0.15, 0.2) is 34.5 Å². The Balaban J connectivity index is 1.37. The molecule has 1 aliphatic carbocycles. The Labute approximate surface area is 226 Å². The number of piperazine rings is 1. The highest BCUT2D eigenvalue weighted by atomic mass is 32.2. The summed E-state index contributed by atoms with van der Waals surface area (Å²) in [6.45, 7) is 7.18. The summed E-state index contributed by atoms with van der Waals surface area (Å²) in [5, 5.41) is 3.13. The van der Waals surface area contributed by atoms with Crippen molar-refractivity contribution in [3.63, 3.8) is 0 Å². The van der Waals surface area contributed by atoms with Crippen molar-refractivity contribution >= 4 is 43.4 Å². The molecule has 3 aromatic heterocycles. The highest BCUT2D eigenvalue weighted by molar-refractivity contribution is 7.89. The maximum absolute atomic E-state index is 13.8. The van der Waals surface area contributed by atoms with Gasteiger partial charge in [-0.3, -0.25) is 14.2 Å². The first kappa shape index (κ1) is 26.7. The van der Waals surface area contributed by atoms with Gasteiger partial charge in [-0.15, -0.1) is 11.3 Å². The van der Waals surface area contributed by atoms with E-state index < -0.39 is 15.6 Å². The van der Waals surface area contributed by atoms with Gasteiger partial charge in [0.25, 0.3) is 5.56 Å². The summed E-state index contributed by atoms with van der Waals surface area (Å²) < 4.78 is 30.2. The van der Waals surface area contributed by atoms with Crippen LogP contribution in [0.2, 0.25) is 0 Å². The molecule has 1 aliphatic heterocycles. The summed E-state index contributed by atoms with van der Waals surface area (Å²) in [6.07, 6.45) is 7.77. The van der Waals surface area contributed by atoms with Crippen LogP contribution in [0.5, 0.6) is 0 Å². The number of aryl methyl sites for hydroxylation is 1. The van der Waals surface area contributed by atoms with Crippen molar-refractivity contribution < 1.29 is 13.2 Å². The van der Waals surface area contributed by atoms with Crippen molar-refractivity contribution in [2.24, 2.45) is 11.8 Å². The Kier molecular flexibility index (Phi) is 7.51. The molecular formula is C25H33N7O4S2. The normalized spacial score (nSPS) is 23.0. The Bertz CT molecular complexity index is 1480. The molecule has 3 aromatic rings. The summed E-state index contributed by atoms with van der Waals surface area (Å²) in [4.78, 5) is 42.0. The third kappa shape index (κ3) is 5.06. The van der Waals surface area contributed by atoms with Gasteiger partial charge < -0.3 is 10.2 Å². The number of fused-ring (bicyclic) bond motifs is 1. The van der Waals surface area contributed by atoms with Gasteiger partial charge in [-0.05, 0) is 31.2 Å². The van der Waals surface area contributed by atoms with Gasteiger partial charge in [0, 0.05) is 49.5 Å². The van der Waals surface area contributed by atoms with Crippen molar-refractivity contribution in [3.8, 4) is 0 Å². The van der Waals surface area contributed by atoms with E-state index in [4.69, 9.17) is 0 Å². The molecule has 5 rings (SSSR count). The van der Waals surface area contributed by atoms with E-state index in [0.29, 0.717) is 40.6 Å². The average Bonchev–Trinajstić information content (AvgIpc) is 3.26. The van der Waals surface area contributed by atoms with Crippen molar-refractivity contribution in [1.82, 2.24) is 29.1 Å². The minimum atomic E-state index is -3.96. The van der Waals surface area contributed by atoms with Gasteiger partial charge in [0.2, 0.25) is 21.9 Å². The van der Waals surface area contributed by atoms with Gasteiger partial charge in [-0.2, -0.15) is 4.31 Å². The van der Waals surface area contributed by atoms with Crippen molar-refractivity contribution in [3.05, 3.63) is 40.0 Å². The predicted octanol–water partition coefficient (Wildman–Crippen LogP) is 2.01. The van der Waals surface area contributed by atoms with Crippen LogP contribution in [-0.4, -0.2) is 70.4 Å². The number of rotatable bonds is 6. The number of carbonyl (C=O) groups is 1. The quantitative estimate of drug-likeness (QED) is 0.485. The van der Waals surface area contributed by atoms with E-state index in [-0.39, 0.29) is 41.9 Å². The summed E-state index contributed by atoms with van der Waals surface area (Å²) >= 11 is 1.18. The lowest BCUT2D eigenvalue weighted by Crippen LogP contribution is -2.49. The molecule has 0 radical (unpaired) electrons. The van der Waals surface area contributed by atoms with E-state index in [1.165, 1.54) is 26.5 Å². The van der Waals surface area contributed by atoms with Gasteiger partial charge in [0.05, 0.1) is 11.7 Å². The molecule has 2 aliphatic rings. The molecule has 1 N–H and O–H groups in total. The molecule has 0 aromatic carbocycles. The largest absolute Gasteiger partial charge is 0.352 e. The number of carbonyl (C=O) groups excluding carboxylic acids is 1. The topological polar surface area (TPSA) is 130 Å². The predicted molar refractivity (Wildman–Crippen MR) is 146 cm³/mol. The highest BCUT2D eigenvalue weighted by Crippen LogP contribution is 2.33. The zero-order valence-electron chi connectivity index (χ0n) is 21.8. The number of aromatic nitrogens is 4. The molecule has 1 amide bonds. The molecule has 13 heteroatoms. The molecule has 38 heavy (non-hydrogen) atoms. The van der Waals surface area contributed by atoms with E-state index in [1.54, 1.807) is 25.4 Å². The van der Waals surface area contributed by atoms with Crippen molar-refractivity contribution in [2.45, 2.75) is 57.5 Å². The molecule has 204 valence electrons. The van der Waals surface area contributed by atoms with Gasteiger partial charge in [0.15, 0.2) is 0 Å². The lowest BCUT2D eigenvalue weighted by atomic mass is 9.78. The van der Waals surface area contributed by atoms with Crippen LogP contribution in [0.4, 0.5) is 5.95 Å². The fraction of sp³-hybridized carbons (Fsp3) is 0.560. The molecule has 1 saturated heterocycles. The Morgan fingerprint density at radius 2 is 1.82 bits per heavy atom. The third-order valence-electron chi connectivity index (χ3n) is 7.84. The number of nitrogens with zero attached hydrogens (tertiary/aromatic N) is 6. The zero-order chi connectivity index (χ0) is 27.0. The first-order valence-corrected chi connectivity index (χ1v) is 15.2. The first-order chi connectivity index (χ1) is 18.2. The van der Waals surface area contributed by atoms with E-state index in [0.717, 1.165) is 19.3 Å². The lowest BCUT2D eigenvalue weighted by molar-refractivity contribution is -0.123. The molecule has 3 atom stereocenters. The van der Waals surface area contributed by atoms with E-state index in [9.17, 15) is 18.0 Å². The summed E-state index contributed by atoms with van der Waals surface area (Å²) in [7, 11) is -3.96. The second-order valence-corrected chi connectivity index (χ2v) is 13.3. The van der Waals surface area contributed by atoms with Crippen LogP contribution < -0.4 is 15.8 Å². The average molecular weight is 560 g/mol. The molecule has 1 saturated carbocycles. The first-order valence-electron chi connectivity index (χ1n) is 13.0. The van der Waals surface area contributed by atoms with Crippen molar-refractivity contribution in [1.29, 1.82) is 0 Å². The molecule has 0 spiro atoms. The van der Waals surface area contributed by atoms with Gasteiger partial charge >= 0.3 is 0 Å². The van der Waals surface area contributed by atoms with Crippen LogP contribution in [0.25, 0.3) is 10.2 Å². The minimum absolute atomic E-state index is 0.0103. The number of hydrogen-bond donors (Lipinski definition) is 1. The van der Waals surface area contributed by atoms with Crippen LogP contribution in [-0.2, 0) is 21.4 Å². The molecule has 3 unspecified atom stereocenters. The van der Waals surface area contributed by atoms with E-state index >= 15 is 0 Å². The number of sulfonamides is 1. The molecule has 0 bridgehead atoms. The summed E-state index contributed by atoms with van der Waals surface area (Å²) in [6, 6.07) is 1.80. The monoisotopic (exact) mass is 559 g/mol. The fourth-order valence-corrected chi connectivity index (χ4v) is 8.53. The second-order valence-electron chi connectivity index (χ2n) is 10.2. The van der Waals surface area contributed by atoms with Crippen molar-refractivity contribution in [2.75, 3.05) is 31.1 Å². The second kappa shape index (κ2) is 10.7. The number of anilines is 1. The molecule has 11 nitrogen and oxygen atoms in total. The lowest BCUT2D eigenvalue weighted by Gasteiger charge is -2.34. The Morgan fingerprint density at radius 1 is 1.11 bits per heavy atom. The maximum Gasteiger partial charge on any atom is 0.263 e. The Morgan fingerprint density at radius 3 is 2.53 bits per heavy atom. The number of amides is 1. The third-order valence-corrected chi connectivity index (χ3v) is 11.1. The standard InChI is InChI=1S/C25H33N7O4S2/c1-16-6-4-7-19(17(16)2)29-20(33)14-31-15-28-23-21(24(31)34)22(18(3)37-23)38(35,36)32-12-10-30(11-13-32)25-26-8-5-9-27-25/h5,8-9,15-17,19H,4,6-7,10-14H2,1-3H3,(H,29,33). The molecular weight excluding hydrogens is 526 g/mol. The van der Waals surface area contributed by atoms with Crippen LogP contribution in [0.1, 0.15) is 38.0 Å². The zero-order valence-corrected chi connectivity index (χ0v) is 23.5.